The Labute approximate surface area is 117 Å². The number of hydrogen-bond donors (Lipinski definition) is 1. The molecular formula is C14H29N5. The molecule has 1 aromatic rings. The van der Waals surface area contributed by atoms with Gasteiger partial charge in [0.1, 0.15) is 0 Å². The standard InChI is InChI=1S/C14H29N5/c1-12(2)6-7-14-13(8-9-15)16-17-19(14)11-5-10-18(3)4/h12H,5-11,15H2,1-4H3. The van der Waals surface area contributed by atoms with Gasteiger partial charge in [0.05, 0.1) is 11.4 Å². The van der Waals surface area contributed by atoms with E-state index in [1.54, 1.807) is 0 Å². The number of rotatable bonds is 9. The monoisotopic (exact) mass is 267 g/mol. The fourth-order valence-corrected chi connectivity index (χ4v) is 2.11. The Morgan fingerprint density at radius 1 is 1.26 bits per heavy atom. The van der Waals surface area contributed by atoms with Gasteiger partial charge in [-0.3, -0.25) is 0 Å². The van der Waals surface area contributed by atoms with Crippen LogP contribution in [0.3, 0.4) is 0 Å². The van der Waals surface area contributed by atoms with Crippen molar-refractivity contribution in [2.24, 2.45) is 11.7 Å². The lowest BCUT2D eigenvalue weighted by Gasteiger charge is -2.12. The normalized spacial score (nSPS) is 11.7. The molecule has 0 aliphatic rings. The van der Waals surface area contributed by atoms with Gasteiger partial charge < -0.3 is 10.6 Å². The summed E-state index contributed by atoms with van der Waals surface area (Å²) < 4.78 is 2.08. The van der Waals surface area contributed by atoms with E-state index >= 15 is 0 Å². The van der Waals surface area contributed by atoms with Crippen molar-refractivity contribution in [3.8, 4) is 0 Å². The number of nitrogens with two attached hydrogens (primary N) is 1. The van der Waals surface area contributed by atoms with Gasteiger partial charge in [-0.25, -0.2) is 4.68 Å². The predicted molar refractivity (Wildman–Crippen MR) is 79.1 cm³/mol. The van der Waals surface area contributed by atoms with Crippen LogP contribution < -0.4 is 5.73 Å². The van der Waals surface area contributed by atoms with Crippen LogP contribution >= 0.6 is 0 Å². The Morgan fingerprint density at radius 2 is 2.00 bits per heavy atom. The van der Waals surface area contributed by atoms with Crippen molar-refractivity contribution in [1.82, 2.24) is 19.9 Å². The zero-order valence-corrected chi connectivity index (χ0v) is 12.9. The van der Waals surface area contributed by atoms with Crippen LogP contribution in [0.5, 0.6) is 0 Å². The minimum Gasteiger partial charge on any atom is -0.330 e. The van der Waals surface area contributed by atoms with Gasteiger partial charge in [0.2, 0.25) is 0 Å². The highest BCUT2D eigenvalue weighted by molar-refractivity contribution is 5.11. The summed E-state index contributed by atoms with van der Waals surface area (Å²) in [5, 5.41) is 8.60. The first kappa shape index (κ1) is 16.1. The van der Waals surface area contributed by atoms with Crippen LogP contribution in [0.25, 0.3) is 0 Å². The molecule has 0 spiro atoms. The zero-order chi connectivity index (χ0) is 14.3. The molecule has 1 aromatic heterocycles. The molecule has 19 heavy (non-hydrogen) atoms. The number of hydrogen-bond acceptors (Lipinski definition) is 4. The van der Waals surface area contributed by atoms with Crippen molar-refractivity contribution in [2.45, 2.75) is 46.1 Å². The van der Waals surface area contributed by atoms with E-state index in [1.165, 1.54) is 12.1 Å². The molecule has 1 rings (SSSR count). The summed E-state index contributed by atoms with van der Waals surface area (Å²) in [6.07, 6.45) is 4.18. The molecule has 0 aromatic carbocycles. The lowest BCUT2D eigenvalue weighted by atomic mass is 10.0. The molecule has 0 atom stereocenters. The SMILES string of the molecule is CC(C)CCc1c(CCN)nnn1CCCN(C)C. The molecule has 0 unspecified atom stereocenters. The molecule has 0 aliphatic heterocycles. The first-order valence-electron chi connectivity index (χ1n) is 7.30. The fraction of sp³-hybridized carbons (Fsp3) is 0.857. The minimum atomic E-state index is 0.644. The van der Waals surface area contributed by atoms with Gasteiger partial charge in [-0.2, -0.15) is 0 Å². The van der Waals surface area contributed by atoms with Crippen LogP contribution in [0.2, 0.25) is 0 Å². The molecular weight excluding hydrogens is 238 g/mol. The highest BCUT2D eigenvalue weighted by atomic mass is 15.4. The lowest BCUT2D eigenvalue weighted by Crippen LogP contribution is -2.17. The summed E-state index contributed by atoms with van der Waals surface area (Å²) in [4.78, 5) is 2.20. The number of aromatic nitrogens is 3. The maximum atomic E-state index is 5.65. The van der Waals surface area contributed by atoms with Gasteiger partial charge in [-0.05, 0) is 52.4 Å². The van der Waals surface area contributed by atoms with E-state index < -0.39 is 0 Å². The summed E-state index contributed by atoms with van der Waals surface area (Å²) in [5.41, 5.74) is 8.03. The zero-order valence-electron chi connectivity index (χ0n) is 12.9. The second-order valence-electron chi connectivity index (χ2n) is 5.83. The molecule has 1 heterocycles. The summed E-state index contributed by atoms with van der Waals surface area (Å²) in [7, 11) is 4.20. The van der Waals surface area contributed by atoms with Crippen molar-refractivity contribution in [1.29, 1.82) is 0 Å². The molecule has 0 bridgehead atoms. The Balaban J connectivity index is 2.66. The van der Waals surface area contributed by atoms with E-state index in [4.69, 9.17) is 5.73 Å². The van der Waals surface area contributed by atoms with Crippen molar-refractivity contribution in [2.75, 3.05) is 27.2 Å². The molecule has 5 heteroatoms. The van der Waals surface area contributed by atoms with Gasteiger partial charge in [0, 0.05) is 13.0 Å². The Bertz CT molecular complexity index is 357. The van der Waals surface area contributed by atoms with Gasteiger partial charge in [0.25, 0.3) is 0 Å². The highest BCUT2D eigenvalue weighted by Gasteiger charge is 2.12. The summed E-state index contributed by atoms with van der Waals surface area (Å²) in [6.45, 7) is 7.18. The molecule has 0 aliphatic carbocycles. The van der Waals surface area contributed by atoms with E-state index in [0.717, 1.165) is 38.0 Å². The van der Waals surface area contributed by atoms with Crippen molar-refractivity contribution in [3.63, 3.8) is 0 Å². The van der Waals surface area contributed by atoms with E-state index in [9.17, 15) is 0 Å². The van der Waals surface area contributed by atoms with Crippen LogP contribution in [0.4, 0.5) is 0 Å². The summed E-state index contributed by atoms with van der Waals surface area (Å²) >= 11 is 0. The second kappa shape index (κ2) is 8.27. The highest BCUT2D eigenvalue weighted by Crippen LogP contribution is 2.13. The molecule has 0 saturated heterocycles. The average Bonchev–Trinajstić information content (AvgIpc) is 2.69. The van der Waals surface area contributed by atoms with Gasteiger partial charge >= 0.3 is 0 Å². The largest absolute Gasteiger partial charge is 0.330 e. The molecule has 0 amide bonds. The molecule has 0 radical (unpaired) electrons. The van der Waals surface area contributed by atoms with Crippen LogP contribution in [-0.4, -0.2) is 47.1 Å². The van der Waals surface area contributed by atoms with Gasteiger partial charge in [0.15, 0.2) is 0 Å². The van der Waals surface area contributed by atoms with E-state index in [0.29, 0.717) is 12.5 Å². The molecule has 2 N–H and O–H groups in total. The number of aryl methyl sites for hydroxylation is 1. The Kier molecular flexibility index (Phi) is 7.02. The molecule has 110 valence electrons. The Morgan fingerprint density at radius 3 is 2.58 bits per heavy atom. The van der Waals surface area contributed by atoms with E-state index in [1.807, 2.05) is 0 Å². The molecule has 0 fully saturated rings. The van der Waals surface area contributed by atoms with E-state index in [2.05, 4.69) is 47.8 Å². The maximum absolute atomic E-state index is 5.65. The third-order valence-electron chi connectivity index (χ3n) is 3.23. The van der Waals surface area contributed by atoms with Crippen LogP contribution in [0.1, 0.15) is 38.1 Å². The van der Waals surface area contributed by atoms with E-state index in [-0.39, 0.29) is 0 Å². The summed E-state index contributed by atoms with van der Waals surface area (Å²) in [6, 6.07) is 0. The second-order valence-corrected chi connectivity index (χ2v) is 5.83. The van der Waals surface area contributed by atoms with Crippen LogP contribution in [0.15, 0.2) is 0 Å². The van der Waals surface area contributed by atoms with Crippen molar-refractivity contribution >= 4 is 0 Å². The van der Waals surface area contributed by atoms with Gasteiger partial charge in [-0.15, -0.1) is 5.10 Å². The summed E-state index contributed by atoms with van der Waals surface area (Å²) in [5.74, 6) is 0.704. The first-order valence-corrected chi connectivity index (χ1v) is 7.30. The smallest absolute Gasteiger partial charge is 0.0871 e. The number of nitrogens with zero attached hydrogens (tertiary/aromatic N) is 4. The Hall–Kier alpha value is -0.940. The average molecular weight is 267 g/mol. The van der Waals surface area contributed by atoms with Crippen LogP contribution in [-0.2, 0) is 19.4 Å². The van der Waals surface area contributed by atoms with Crippen LogP contribution in [0, 0.1) is 5.92 Å². The molecule has 5 nitrogen and oxygen atoms in total. The van der Waals surface area contributed by atoms with Crippen molar-refractivity contribution < 1.29 is 0 Å². The third-order valence-corrected chi connectivity index (χ3v) is 3.23. The lowest BCUT2D eigenvalue weighted by molar-refractivity contribution is 0.375. The maximum Gasteiger partial charge on any atom is 0.0871 e. The topological polar surface area (TPSA) is 60.0 Å². The molecule has 0 saturated carbocycles. The minimum absolute atomic E-state index is 0.644. The fourth-order valence-electron chi connectivity index (χ4n) is 2.11. The van der Waals surface area contributed by atoms with Crippen molar-refractivity contribution in [3.05, 3.63) is 11.4 Å². The first-order chi connectivity index (χ1) is 9.04. The predicted octanol–water partition coefficient (Wildman–Crippen LogP) is 1.32. The quantitative estimate of drug-likeness (QED) is 0.733. The third kappa shape index (κ3) is 5.70. The van der Waals surface area contributed by atoms with Gasteiger partial charge in [-0.1, -0.05) is 19.1 Å².